The summed E-state index contributed by atoms with van der Waals surface area (Å²) in [7, 11) is 1.64. The van der Waals surface area contributed by atoms with Gasteiger partial charge in [0, 0.05) is 20.2 Å². The molecule has 0 saturated carbocycles. The van der Waals surface area contributed by atoms with E-state index in [1.54, 1.807) is 19.0 Å². The molecule has 0 radical (unpaired) electrons. The van der Waals surface area contributed by atoms with Gasteiger partial charge in [-0.25, -0.2) is 9.80 Å². The first-order valence-corrected chi connectivity index (χ1v) is 8.54. The first-order chi connectivity index (χ1) is 11.9. The number of aryl methyl sites for hydroxylation is 1. The second-order valence-electron chi connectivity index (χ2n) is 6.08. The lowest BCUT2D eigenvalue weighted by atomic mass is 10.2. The lowest BCUT2D eigenvalue weighted by Gasteiger charge is -2.29. The predicted molar refractivity (Wildman–Crippen MR) is 96.6 cm³/mol. The fraction of sp³-hybridized carbons (Fsp3) is 0.625. The van der Waals surface area contributed by atoms with Crippen molar-refractivity contribution in [2.24, 2.45) is 12.1 Å². The van der Waals surface area contributed by atoms with E-state index in [-0.39, 0.29) is 17.3 Å². The summed E-state index contributed by atoms with van der Waals surface area (Å²) in [6.07, 6.45) is 0. The Kier molecular flexibility index (Phi) is 4.51. The SMILES string of the molecule is CCOCCN1N=C(C)[C@H](C)n2c1nc1c2c(=O)n(CC)c(=O)n1C. The highest BCUT2D eigenvalue weighted by Crippen LogP contribution is 2.29. The second kappa shape index (κ2) is 6.47. The molecule has 0 bridgehead atoms. The highest BCUT2D eigenvalue weighted by molar-refractivity contribution is 5.91. The standard InChI is InChI=1S/C16H24N6O3/c1-6-20-14(23)12-13(19(5)16(20)24)17-15-21(8-9-25-7-2)18-10(3)11(4)22(12)15/h11H,6-9H2,1-5H3/t11-/m0/s1. The fourth-order valence-corrected chi connectivity index (χ4v) is 3.11. The third-order valence-corrected chi connectivity index (χ3v) is 4.63. The summed E-state index contributed by atoms with van der Waals surface area (Å²) < 4.78 is 9.95. The molecule has 2 aromatic heterocycles. The van der Waals surface area contributed by atoms with Crippen molar-refractivity contribution in [2.45, 2.75) is 40.3 Å². The van der Waals surface area contributed by atoms with Crippen molar-refractivity contribution in [3.8, 4) is 0 Å². The Balaban J connectivity index is 2.27. The molecule has 2 aromatic rings. The molecule has 0 amide bonds. The quantitative estimate of drug-likeness (QED) is 0.743. The summed E-state index contributed by atoms with van der Waals surface area (Å²) in [4.78, 5) is 29.9. The van der Waals surface area contributed by atoms with Gasteiger partial charge >= 0.3 is 5.69 Å². The van der Waals surface area contributed by atoms with E-state index in [0.29, 0.717) is 43.4 Å². The van der Waals surface area contributed by atoms with E-state index in [0.717, 1.165) is 5.71 Å². The molecule has 1 aliphatic heterocycles. The van der Waals surface area contributed by atoms with E-state index in [9.17, 15) is 9.59 Å². The van der Waals surface area contributed by atoms with Crippen LogP contribution in [-0.4, -0.2) is 44.2 Å². The van der Waals surface area contributed by atoms with Gasteiger partial charge in [0.15, 0.2) is 11.2 Å². The monoisotopic (exact) mass is 348 g/mol. The molecule has 0 aromatic carbocycles. The molecule has 0 aliphatic carbocycles. The Hall–Kier alpha value is -2.42. The van der Waals surface area contributed by atoms with Crippen molar-refractivity contribution in [3.05, 3.63) is 20.8 Å². The van der Waals surface area contributed by atoms with Crippen molar-refractivity contribution < 1.29 is 4.74 Å². The minimum Gasteiger partial charge on any atom is -0.380 e. The summed E-state index contributed by atoms with van der Waals surface area (Å²) in [6.45, 7) is 9.59. The lowest BCUT2D eigenvalue weighted by molar-refractivity contribution is 0.153. The van der Waals surface area contributed by atoms with Crippen LogP contribution >= 0.6 is 0 Å². The van der Waals surface area contributed by atoms with Gasteiger partial charge in [-0.1, -0.05) is 0 Å². The van der Waals surface area contributed by atoms with Crippen molar-refractivity contribution in [1.29, 1.82) is 0 Å². The zero-order valence-corrected chi connectivity index (χ0v) is 15.3. The Morgan fingerprint density at radius 2 is 1.96 bits per heavy atom. The van der Waals surface area contributed by atoms with Crippen LogP contribution in [-0.2, 0) is 18.3 Å². The molecule has 0 saturated heterocycles. The van der Waals surface area contributed by atoms with Gasteiger partial charge in [-0.15, -0.1) is 0 Å². The second-order valence-corrected chi connectivity index (χ2v) is 6.08. The van der Waals surface area contributed by atoms with Gasteiger partial charge in [-0.05, 0) is 27.7 Å². The zero-order chi connectivity index (χ0) is 18.3. The van der Waals surface area contributed by atoms with E-state index in [1.807, 2.05) is 25.3 Å². The Morgan fingerprint density at radius 1 is 1.24 bits per heavy atom. The van der Waals surface area contributed by atoms with Crippen LogP contribution in [0.2, 0.25) is 0 Å². The topological polar surface area (TPSA) is 86.7 Å². The molecule has 25 heavy (non-hydrogen) atoms. The summed E-state index contributed by atoms with van der Waals surface area (Å²) in [6, 6.07) is -0.112. The molecule has 0 spiro atoms. The van der Waals surface area contributed by atoms with Crippen molar-refractivity contribution in [2.75, 3.05) is 24.8 Å². The first-order valence-electron chi connectivity index (χ1n) is 8.54. The third-order valence-electron chi connectivity index (χ3n) is 4.63. The molecule has 1 atom stereocenters. The highest BCUT2D eigenvalue weighted by Gasteiger charge is 2.30. The number of aromatic nitrogens is 4. The van der Waals surface area contributed by atoms with Crippen LogP contribution in [0, 0.1) is 0 Å². The summed E-state index contributed by atoms with van der Waals surface area (Å²) in [5, 5.41) is 6.33. The number of hydrogen-bond acceptors (Lipinski definition) is 6. The van der Waals surface area contributed by atoms with Crippen LogP contribution in [0.5, 0.6) is 0 Å². The van der Waals surface area contributed by atoms with Crippen LogP contribution in [0.4, 0.5) is 5.95 Å². The number of hydrogen-bond donors (Lipinski definition) is 0. The van der Waals surface area contributed by atoms with Crippen LogP contribution in [0.25, 0.3) is 11.2 Å². The summed E-state index contributed by atoms with van der Waals surface area (Å²) >= 11 is 0. The molecule has 1 aliphatic rings. The maximum Gasteiger partial charge on any atom is 0.332 e. The molecule has 3 heterocycles. The smallest absolute Gasteiger partial charge is 0.332 e. The molecule has 0 N–H and O–H groups in total. The number of fused-ring (bicyclic) bond motifs is 3. The van der Waals surface area contributed by atoms with Gasteiger partial charge in [0.1, 0.15) is 0 Å². The van der Waals surface area contributed by atoms with Crippen molar-refractivity contribution >= 4 is 22.8 Å². The number of imidazole rings is 1. The molecule has 9 nitrogen and oxygen atoms in total. The average molecular weight is 348 g/mol. The number of rotatable bonds is 5. The molecule has 9 heteroatoms. The van der Waals surface area contributed by atoms with Gasteiger partial charge in [-0.3, -0.25) is 18.5 Å². The van der Waals surface area contributed by atoms with E-state index in [4.69, 9.17) is 4.74 Å². The Morgan fingerprint density at radius 3 is 2.60 bits per heavy atom. The summed E-state index contributed by atoms with van der Waals surface area (Å²) in [5.74, 6) is 0.564. The average Bonchev–Trinajstić information content (AvgIpc) is 2.99. The van der Waals surface area contributed by atoms with E-state index in [1.165, 1.54) is 9.13 Å². The van der Waals surface area contributed by atoms with E-state index in [2.05, 4.69) is 10.1 Å². The van der Waals surface area contributed by atoms with Crippen LogP contribution in [0.3, 0.4) is 0 Å². The Bertz CT molecular complexity index is 951. The summed E-state index contributed by atoms with van der Waals surface area (Å²) in [5.41, 5.74) is 1.02. The van der Waals surface area contributed by atoms with Crippen LogP contribution in [0.1, 0.15) is 33.7 Å². The van der Waals surface area contributed by atoms with Crippen molar-refractivity contribution in [1.82, 2.24) is 18.7 Å². The normalized spacial score (nSPS) is 17.1. The van der Waals surface area contributed by atoms with Crippen molar-refractivity contribution in [3.63, 3.8) is 0 Å². The largest absolute Gasteiger partial charge is 0.380 e. The predicted octanol–water partition coefficient (Wildman–Crippen LogP) is 0.710. The molecular weight excluding hydrogens is 324 g/mol. The minimum absolute atomic E-state index is 0.112. The maximum absolute atomic E-state index is 12.9. The third kappa shape index (κ3) is 2.58. The molecule has 0 fully saturated rings. The van der Waals surface area contributed by atoms with Gasteiger partial charge in [0.25, 0.3) is 5.56 Å². The lowest BCUT2D eigenvalue weighted by Crippen LogP contribution is -2.40. The molecule has 3 rings (SSSR count). The fourth-order valence-electron chi connectivity index (χ4n) is 3.11. The van der Waals surface area contributed by atoms with E-state index < -0.39 is 0 Å². The van der Waals surface area contributed by atoms with Gasteiger partial charge in [-0.2, -0.15) is 10.1 Å². The van der Waals surface area contributed by atoms with Crippen LogP contribution in [0.15, 0.2) is 14.7 Å². The van der Waals surface area contributed by atoms with Gasteiger partial charge in [0.05, 0.1) is 24.9 Å². The number of hydrazone groups is 1. The van der Waals surface area contributed by atoms with Gasteiger partial charge < -0.3 is 4.74 Å². The Labute approximate surface area is 145 Å². The van der Waals surface area contributed by atoms with Crippen LogP contribution < -0.4 is 16.3 Å². The zero-order valence-electron chi connectivity index (χ0n) is 15.3. The highest BCUT2D eigenvalue weighted by atomic mass is 16.5. The molecule has 0 unspecified atom stereocenters. The minimum atomic E-state index is -0.360. The van der Waals surface area contributed by atoms with Gasteiger partial charge in [0.2, 0.25) is 5.95 Å². The van der Waals surface area contributed by atoms with E-state index >= 15 is 0 Å². The first kappa shape index (κ1) is 17.4. The molecular formula is C16H24N6O3. The number of ether oxygens (including phenoxy) is 1. The molecule has 136 valence electrons. The number of nitrogens with zero attached hydrogens (tertiary/aromatic N) is 6. The number of anilines is 1. The maximum atomic E-state index is 12.9.